The van der Waals surface area contributed by atoms with E-state index in [0.717, 1.165) is 23.9 Å². The second-order valence-corrected chi connectivity index (χ2v) is 6.82. The SMILES string of the molecule is CNC1CCN(CCC2CCCC(C)C2)C(C)C1. The maximum Gasteiger partial charge on any atom is 0.00910 e. The molecule has 106 valence electrons. The summed E-state index contributed by atoms with van der Waals surface area (Å²) in [5, 5.41) is 3.44. The van der Waals surface area contributed by atoms with E-state index >= 15 is 0 Å². The lowest BCUT2D eigenvalue weighted by Crippen LogP contribution is -2.47. The van der Waals surface area contributed by atoms with Gasteiger partial charge in [0.25, 0.3) is 0 Å². The summed E-state index contributed by atoms with van der Waals surface area (Å²) in [5.41, 5.74) is 0. The van der Waals surface area contributed by atoms with E-state index in [9.17, 15) is 0 Å². The highest BCUT2D eigenvalue weighted by atomic mass is 15.2. The van der Waals surface area contributed by atoms with E-state index in [-0.39, 0.29) is 0 Å². The van der Waals surface area contributed by atoms with Crippen LogP contribution in [0.5, 0.6) is 0 Å². The smallest absolute Gasteiger partial charge is 0.00910 e. The molecule has 0 amide bonds. The van der Waals surface area contributed by atoms with Gasteiger partial charge in [-0.1, -0.05) is 26.2 Å². The van der Waals surface area contributed by atoms with Crippen molar-refractivity contribution in [2.24, 2.45) is 11.8 Å². The van der Waals surface area contributed by atoms with Gasteiger partial charge in [0.1, 0.15) is 0 Å². The third kappa shape index (κ3) is 3.96. The summed E-state index contributed by atoms with van der Waals surface area (Å²) in [7, 11) is 2.11. The molecular formula is C16H32N2. The minimum atomic E-state index is 0.756. The number of piperidine rings is 1. The molecule has 1 saturated heterocycles. The van der Waals surface area contributed by atoms with Gasteiger partial charge >= 0.3 is 0 Å². The average Bonchev–Trinajstić information content (AvgIpc) is 2.37. The van der Waals surface area contributed by atoms with Gasteiger partial charge < -0.3 is 10.2 Å². The highest BCUT2D eigenvalue weighted by Crippen LogP contribution is 2.31. The van der Waals surface area contributed by atoms with Crippen LogP contribution >= 0.6 is 0 Å². The summed E-state index contributed by atoms with van der Waals surface area (Å²) in [6.45, 7) is 7.49. The van der Waals surface area contributed by atoms with Gasteiger partial charge in [-0.05, 0) is 64.6 Å². The minimum Gasteiger partial charge on any atom is -0.317 e. The maximum atomic E-state index is 3.44. The molecule has 0 bridgehead atoms. The summed E-state index contributed by atoms with van der Waals surface area (Å²) in [6.07, 6.45) is 10.0. The average molecular weight is 252 g/mol. The zero-order valence-electron chi connectivity index (χ0n) is 12.6. The van der Waals surface area contributed by atoms with E-state index < -0.39 is 0 Å². The molecule has 2 rings (SSSR count). The lowest BCUT2D eigenvalue weighted by atomic mass is 9.80. The fourth-order valence-electron chi connectivity index (χ4n) is 3.99. The molecular weight excluding hydrogens is 220 g/mol. The van der Waals surface area contributed by atoms with Crippen LogP contribution < -0.4 is 5.32 Å². The molecule has 1 heterocycles. The van der Waals surface area contributed by atoms with E-state index in [1.54, 1.807) is 0 Å². The van der Waals surface area contributed by atoms with E-state index in [0.29, 0.717) is 0 Å². The molecule has 2 heteroatoms. The first-order valence-corrected chi connectivity index (χ1v) is 8.10. The first-order valence-electron chi connectivity index (χ1n) is 8.10. The van der Waals surface area contributed by atoms with Crippen LogP contribution in [0.1, 0.15) is 58.8 Å². The Kier molecular flexibility index (Phi) is 5.50. The van der Waals surface area contributed by atoms with E-state index in [1.807, 2.05) is 0 Å². The molecule has 1 aliphatic carbocycles. The predicted octanol–water partition coefficient (Wildman–Crippen LogP) is 3.28. The molecule has 2 fully saturated rings. The summed E-state index contributed by atoms with van der Waals surface area (Å²) in [6, 6.07) is 1.53. The van der Waals surface area contributed by atoms with Gasteiger partial charge in [0.2, 0.25) is 0 Å². The van der Waals surface area contributed by atoms with Gasteiger partial charge in [0.15, 0.2) is 0 Å². The Hall–Kier alpha value is -0.0800. The number of rotatable bonds is 4. The lowest BCUT2D eigenvalue weighted by molar-refractivity contribution is 0.123. The van der Waals surface area contributed by atoms with Crippen molar-refractivity contribution in [3.63, 3.8) is 0 Å². The normalized spacial score (nSPS) is 38.8. The van der Waals surface area contributed by atoms with Gasteiger partial charge in [-0.25, -0.2) is 0 Å². The van der Waals surface area contributed by atoms with Crippen molar-refractivity contribution in [2.45, 2.75) is 70.9 Å². The number of nitrogens with zero attached hydrogens (tertiary/aromatic N) is 1. The molecule has 1 N–H and O–H groups in total. The quantitative estimate of drug-likeness (QED) is 0.826. The Labute approximate surface area is 114 Å². The molecule has 0 aromatic carbocycles. The van der Waals surface area contributed by atoms with Crippen LogP contribution in [0.25, 0.3) is 0 Å². The van der Waals surface area contributed by atoms with Crippen molar-refractivity contribution in [3.05, 3.63) is 0 Å². The van der Waals surface area contributed by atoms with Gasteiger partial charge in [-0.15, -0.1) is 0 Å². The Morgan fingerprint density at radius 3 is 2.61 bits per heavy atom. The van der Waals surface area contributed by atoms with Crippen molar-refractivity contribution >= 4 is 0 Å². The van der Waals surface area contributed by atoms with Crippen molar-refractivity contribution in [3.8, 4) is 0 Å². The van der Waals surface area contributed by atoms with Crippen molar-refractivity contribution in [2.75, 3.05) is 20.1 Å². The van der Waals surface area contributed by atoms with Crippen LogP contribution in [-0.2, 0) is 0 Å². The Bertz CT molecular complexity index is 241. The molecule has 1 saturated carbocycles. The monoisotopic (exact) mass is 252 g/mol. The first-order chi connectivity index (χ1) is 8.69. The highest BCUT2D eigenvalue weighted by molar-refractivity contribution is 4.83. The molecule has 0 spiro atoms. The number of likely N-dealkylation sites (tertiary alicyclic amines) is 1. The van der Waals surface area contributed by atoms with Crippen LogP contribution in [0.2, 0.25) is 0 Å². The second kappa shape index (κ2) is 6.91. The number of nitrogens with one attached hydrogen (secondary N) is 1. The van der Waals surface area contributed by atoms with Crippen molar-refractivity contribution in [1.82, 2.24) is 10.2 Å². The highest BCUT2D eigenvalue weighted by Gasteiger charge is 2.25. The van der Waals surface area contributed by atoms with E-state index in [2.05, 4.69) is 31.1 Å². The summed E-state index contributed by atoms with van der Waals surface area (Å²) < 4.78 is 0. The molecule has 4 unspecified atom stereocenters. The molecule has 0 aromatic heterocycles. The van der Waals surface area contributed by atoms with E-state index in [1.165, 1.54) is 58.0 Å². The molecule has 1 aliphatic heterocycles. The lowest BCUT2D eigenvalue weighted by Gasteiger charge is -2.38. The van der Waals surface area contributed by atoms with Gasteiger partial charge in [0.05, 0.1) is 0 Å². The van der Waals surface area contributed by atoms with Crippen molar-refractivity contribution in [1.29, 1.82) is 0 Å². The second-order valence-electron chi connectivity index (χ2n) is 6.82. The topological polar surface area (TPSA) is 15.3 Å². The minimum absolute atomic E-state index is 0.756. The van der Waals surface area contributed by atoms with Crippen LogP contribution in [0, 0.1) is 11.8 Å². The summed E-state index contributed by atoms with van der Waals surface area (Å²) in [5.74, 6) is 2.00. The molecule has 0 radical (unpaired) electrons. The molecule has 4 atom stereocenters. The Balaban J connectivity index is 1.70. The van der Waals surface area contributed by atoms with Crippen LogP contribution in [0.4, 0.5) is 0 Å². The fourth-order valence-corrected chi connectivity index (χ4v) is 3.99. The largest absolute Gasteiger partial charge is 0.317 e. The van der Waals surface area contributed by atoms with Crippen LogP contribution in [0.3, 0.4) is 0 Å². The maximum absolute atomic E-state index is 3.44. The summed E-state index contributed by atoms with van der Waals surface area (Å²) >= 11 is 0. The zero-order chi connectivity index (χ0) is 13.0. The zero-order valence-corrected chi connectivity index (χ0v) is 12.6. The van der Waals surface area contributed by atoms with Gasteiger partial charge in [0, 0.05) is 12.1 Å². The standard InChI is InChI=1S/C16H32N2/c1-13-5-4-6-15(11-13)7-9-18-10-8-16(17-3)12-14(18)2/h13-17H,4-12H2,1-3H3. The molecule has 2 nitrogen and oxygen atoms in total. The molecule has 2 aliphatic rings. The Morgan fingerprint density at radius 2 is 1.94 bits per heavy atom. The van der Waals surface area contributed by atoms with Crippen molar-refractivity contribution < 1.29 is 0 Å². The van der Waals surface area contributed by atoms with Crippen LogP contribution in [0.15, 0.2) is 0 Å². The van der Waals surface area contributed by atoms with E-state index in [4.69, 9.17) is 0 Å². The Morgan fingerprint density at radius 1 is 1.11 bits per heavy atom. The van der Waals surface area contributed by atoms with Crippen LogP contribution in [-0.4, -0.2) is 37.1 Å². The molecule has 18 heavy (non-hydrogen) atoms. The summed E-state index contributed by atoms with van der Waals surface area (Å²) in [4.78, 5) is 2.73. The predicted molar refractivity (Wildman–Crippen MR) is 78.9 cm³/mol. The first kappa shape index (κ1) is 14.3. The molecule has 0 aromatic rings. The number of hydrogen-bond donors (Lipinski definition) is 1. The van der Waals surface area contributed by atoms with Gasteiger partial charge in [-0.3, -0.25) is 0 Å². The van der Waals surface area contributed by atoms with Gasteiger partial charge in [-0.2, -0.15) is 0 Å². The third-order valence-corrected chi connectivity index (χ3v) is 5.29. The number of hydrogen-bond acceptors (Lipinski definition) is 2. The fraction of sp³-hybridized carbons (Fsp3) is 1.00. The third-order valence-electron chi connectivity index (χ3n) is 5.29.